The number of piperidine rings is 1. The summed E-state index contributed by atoms with van der Waals surface area (Å²) in [6.45, 7) is 9.71. The summed E-state index contributed by atoms with van der Waals surface area (Å²) in [4.78, 5) is 2.97. The van der Waals surface area contributed by atoms with Gasteiger partial charge in [0.1, 0.15) is 0 Å². The van der Waals surface area contributed by atoms with Gasteiger partial charge in [-0.15, -0.1) is 0 Å². The number of hydrogen-bond acceptors (Lipinski definition) is 3. The monoisotopic (exact) mass is 414 g/mol. The van der Waals surface area contributed by atoms with E-state index in [1.165, 1.54) is 5.56 Å². The number of nitrogens with zero attached hydrogens (tertiary/aromatic N) is 2. The van der Waals surface area contributed by atoms with Crippen molar-refractivity contribution in [2.75, 3.05) is 19.6 Å². The smallest absolute Gasteiger partial charge is 0.243 e. The van der Waals surface area contributed by atoms with Crippen LogP contribution in [0.2, 0.25) is 0 Å². The molecule has 3 rings (SSSR count). The zero-order valence-electron chi connectivity index (χ0n) is 17.9. The van der Waals surface area contributed by atoms with Crippen LogP contribution in [0.1, 0.15) is 44.2 Å². The summed E-state index contributed by atoms with van der Waals surface area (Å²) in [5, 5.41) is 0. The van der Waals surface area contributed by atoms with Crippen molar-refractivity contribution in [3.05, 3.63) is 65.7 Å². The molecule has 0 bridgehead atoms. The van der Waals surface area contributed by atoms with Crippen LogP contribution in [0.4, 0.5) is 0 Å². The summed E-state index contributed by atoms with van der Waals surface area (Å²) in [7, 11) is -3.38. The Kier molecular flexibility index (Phi) is 7.49. The fourth-order valence-electron chi connectivity index (χ4n) is 4.00. The minimum Gasteiger partial charge on any atom is -0.296 e. The summed E-state index contributed by atoms with van der Waals surface area (Å²) < 4.78 is 27.5. The van der Waals surface area contributed by atoms with Gasteiger partial charge in [0.2, 0.25) is 10.0 Å². The van der Waals surface area contributed by atoms with Crippen molar-refractivity contribution in [2.24, 2.45) is 5.92 Å². The third-order valence-corrected chi connectivity index (χ3v) is 8.08. The van der Waals surface area contributed by atoms with Gasteiger partial charge in [-0.2, -0.15) is 4.31 Å². The van der Waals surface area contributed by atoms with Crippen molar-refractivity contribution in [3.63, 3.8) is 0 Å². The van der Waals surface area contributed by atoms with E-state index in [1.807, 2.05) is 19.1 Å². The Bertz CT molecular complexity index is 858. The first-order valence-corrected chi connectivity index (χ1v) is 12.2. The molecule has 2 aromatic rings. The van der Waals surface area contributed by atoms with Gasteiger partial charge < -0.3 is 0 Å². The van der Waals surface area contributed by atoms with Crippen molar-refractivity contribution >= 4 is 10.0 Å². The van der Waals surface area contributed by atoms with Crippen LogP contribution in [-0.2, 0) is 16.6 Å². The van der Waals surface area contributed by atoms with E-state index in [0.29, 0.717) is 29.9 Å². The predicted octanol–water partition coefficient (Wildman–Crippen LogP) is 4.70. The fourth-order valence-corrected chi connectivity index (χ4v) is 5.47. The minimum absolute atomic E-state index is 0.409. The summed E-state index contributed by atoms with van der Waals surface area (Å²) in [6, 6.07) is 18.3. The van der Waals surface area contributed by atoms with Gasteiger partial charge in [-0.3, -0.25) is 4.90 Å². The van der Waals surface area contributed by atoms with E-state index in [-0.39, 0.29) is 0 Å². The zero-order chi connectivity index (χ0) is 20.9. The van der Waals surface area contributed by atoms with Gasteiger partial charge in [0, 0.05) is 32.2 Å². The van der Waals surface area contributed by atoms with Crippen LogP contribution >= 0.6 is 0 Å². The van der Waals surface area contributed by atoms with Crippen molar-refractivity contribution in [1.82, 2.24) is 9.21 Å². The largest absolute Gasteiger partial charge is 0.296 e. The zero-order valence-corrected chi connectivity index (χ0v) is 18.7. The Balaban J connectivity index is 1.60. The highest BCUT2D eigenvalue weighted by atomic mass is 32.2. The maximum absolute atomic E-state index is 12.9. The molecule has 0 saturated carbocycles. The molecule has 0 radical (unpaired) electrons. The van der Waals surface area contributed by atoms with E-state index in [2.05, 4.69) is 49.1 Å². The molecule has 158 valence electrons. The maximum Gasteiger partial charge on any atom is 0.243 e. The normalized spacial score (nSPS) is 17.5. The van der Waals surface area contributed by atoms with Gasteiger partial charge >= 0.3 is 0 Å². The molecule has 0 amide bonds. The van der Waals surface area contributed by atoms with Gasteiger partial charge in [0.15, 0.2) is 0 Å². The van der Waals surface area contributed by atoms with Crippen LogP contribution in [0.15, 0.2) is 59.5 Å². The molecule has 0 unspecified atom stereocenters. The van der Waals surface area contributed by atoms with Gasteiger partial charge in [0.25, 0.3) is 0 Å². The van der Waals surface area contributed by atoms with Crippen molar-refractivity contribution < 1.29 is 8.42 Å². The third-order valence-electron chi connectivity index (χ3n) is 6.17. The predicted molar refractivity (Wildman–Crippen MR) is 119 cm³/mol. The van der Waals surface area contributed by atoms with Crippen LogP contribution < -0.4 is 0 Å². The summed E-state index contributed by atoms with van der Waals surface area (Å²) in [5.41, 5.74) is 2.42. The Morgan fingerprint density at radius 2 is 1.66 bits per heavy atom. The van der Waals surface area contributed by atoms with Gasteiger partial charge in [0.05, 0.1) is 4.90 Å². The number of rotatable bonds is 8. The highest BCUT2D eigenvalue weighted by molar-refractivity contribution is 7.89. The summed E-state index contributed by atoms with van der Waals surface area (Å²) in [5.74, 6) is 0.539. The average molecular weight is 415 g/mol. The fraction of sp³-hybridized carbons (Fsp3) is 0.500. The topological polar surface area (TPSA) is 40.6 Å². The molecule has 5 heteroatoms. The molecule has 1 aliphatic rings. The molecule has 0 aliphatic carbocycles. The SMILES string of the molecule is CC[C@H](C)N(Cc1ccccc1)CC1CCN(S(=O)(=O)c2ccc(C)cc2)CC1. The second kappa shape index (κ2) is 9.88. The molecule has 1 fully saturated rings. The molecule has 0 aromatic heterocycles. The standard InChI is InChI=1S/C24H34N2O2S/c1-4-21(3)25(18-22-8-6-5-7-9-22)19-23-14-16-26(17-15-23)29(27,28)24-12-10-20(2)11-13-24/h5-13,21,23H,4,14-19H2,1-3H3/t21-/m0/s1. The first-order valence-electron chi connectivity index (χ1n) is 10.7. The lowest BCUT2D eigenvalue weighted by molar-refractivity contribution is 0.137. The molecule has 1 atom stereocenters. The van der Waals surface area contributed by atoms with Crippen molar-refractivity contribution in [3.8, 4) is 0 Å². The average Bonchev–Trinajstić information content (AvgIpc) is 2.74. The van der Waals surface area contributed by atoms with E-state index >= 15 is 0 Å². The van der Waals surface area contributed by atoms with E-state index in [1.54, 1.807) is 16.4 Å². The van der Waals surface area contributed by atoms with Crippen molar-refractivity contribution in [2.45, 2.75) is 57.5 Å². The summed E-state index contributed by atoms with van der Waals surface area (Å²) >= 11 is 0. The Labute approximate surface area is 176 Å². The first kappa shape index (κ1) is 22.0. The Morgan fingerprint density at radius 1 is 1.03 bits per heavy atom. The maximum atomic E-state index is 12.9. The van der Waals surface area contributed by atoms with E-state index in [9.17, 15) is 8.42 Å². The number of sulfonamides is 1. The number of aryl methyl sites for hydroxylation is 1. The quantitative estimate of drug-likeness (QED) is 0.629. The van der Waals surface area contributed by atoms with Gasteiger partial charge in [-0.1, -0.05) is 55.0 Å². The lowest BCUT2D eigenvalue weighted by atomic mass is 9.96. The van der Waals surface area contributed by atoms with Crippen LogP contribution in [0.5, 0.6) is 0 Å². The second-order valence-electron chi connectivity index (χ2n) is 8.33. The van der Waals surface area contributed by atoms with Crippen LogP contribution in [0.3, 0.4) is 0 Å². The third kappa shape index (κ3) is 5.68. The molecular weight excluding hydrogens is 380 g/mol. The van der Waals surface area contributed by atoms with Crippen LogP contribution in [0, 0.1) is 12.8 Å². The number of hydrogen-bond donors (Lipinski definition) is 0. The molecule has 4 nitrogen and oxygen atoms in total. The molecule has 29 heavy (non-hydrogen) atoms. The first-order chi connectivity index (χ1) is 13.9. The molecule has 2 aromatic carbocycles. The van der Waals surface area contributed by atoms with Crippen molar-refractivity contribution in [1.29, 1.82) is 0 Å². The lowest BCUT2D eigenvalue weighted by Crippen LogP contribution is -2.43. The molecular formula is C24H34N2O2S. The van der Waals surface area contributed by atoms with Crippen LogP contribution in [0.25, 0.3) is 0 Å². The molecule has 1 heterocycles. The Morgan fingerprint density at radius 3 is 2.24 bits per heavy atom. The lowest BCUT2D eigenvalue weighted by Gasteiger charge is -2.36. The van der Waals surface area contributed by atoms with E-state index < -0.39 is 10.0 Å². The van der Waals surface area contributed by atoms with Gasteiger partial charge in [-0.25, -0.2) is 8.42 Å². The number of benzene rings is 2. The van der Waals surface area contributed by atoms with Gasteiger partial charge in [-0.05, 0) is 56.7 Å². The second-order valence-corrected chi connectivity index (χ2v) is 10.3. The van der Waals surface area contributed by atoms with Crippen LogP contribution in [-0.4, -0.2) is 43.3 Å². The molecule has 1 aliphatic heterocycles. The molecule has 1 saturated heterocycles. The Hall–Kier alpha value is -1.69. The highest BCUT2D eigenvalue weighted by Crippen LogP contribution is 2.26. The van der Waals surface area contributed by atoms with E-state index in [0.717, 1.165) is 37.9 Å². The highest BCUT2D eigenvalue weighted by Gasteiger charge is 2.30. The summed E-state index contributed by atoms with van der Waals surface area (Å²) in [6.07, 6.45) is 2.97. The molecule has 0 N–H and O–H groups in total. The van der Waals surface area contributed by atoms with E-state index in [4.69, 9.17) is 0 Å². The molecule has 0 spiro atoms. The minimum atomic E-state index is -3.38.